The van der Waals surface area contributed by atoms with Gasteiger partial charge in [0.25, 0.3) is 5.91 Å². The van der Waals surface area contributed by atoms with Crippen LogP contribution < -0.4 is 5.32 Å². The van der Waals surface area contributed by atoms with E-state index in [4.69, 9.17) is 4.74 Å². The number of halogens is 1. The van der Waals surface area contributed by atoms with E-state index >= 15 is 0 Å². The summed E-state index contributed by atoms with van der Waals surface area (Å²) in [6, 6.07) is 3.08. The molecule has 1 aliphatic carbocycles. The van der Waals surface area contributed by atoms with Crippen molar-refractivity contribution in [2.45, 2.75) is 32.7 Å². The van der Waals surface area contributed by atoms with Gasteiger partial charge in [-0.25, -0.2) is 9.18 Å². The average Bonchev–Trinajstić information content (AvgIpc) is 2.93. The SMILES string of the molecule is Cc1ccc(NC(=O)COC(=O)[C@H](C)N2C(=O)[C@H]3CC=CC[C@@H]3C2=O)cc1F. The molecule has 2 aliphatic rings. The Balaban J connectivity index is 1.55. The fourth-order valence-corrected chi connectivity index (χ4v) is 3.44. The van der Waals surface area contributed by atoms with Crippen LogP contribution in [-0.2, 0) is 23.9 Å². The topological polar surface area (TPSA) is 92.8 Å². The summed E-state index contributed by atoms with van der Waals surface area (Å²) in [4.78, 5) is 50.1. The Bertz CT molecular complexity index is 840. The van der Waals surface area contributed by atoms with E-state index in [9.17, 15) is 23.6 Å². The van der Waals surface area contributed by atoms with E-state index in [1.54, 1.807) is 6.92 Å². The molecule has 0 saturated carbocycles. The van der Waals surface area contributed by atoms with Crippen LogP contribution in [0.4, 0.5) is 10.1 Å². The van der Waals surface area contributed by atoms with Gasteiger partial charge in [-0.1, -0.05) is 18.2 Å². The summed E-state index contributed by atoms with van der Waals surface area (Å²) < 4.78 is 18.5. The van der Waals surface area contributed by atoms with Crippen molar-refractivity contribution < 1.29 is 28.3 Å². The molecule has 0 aromatic heterocycles. The highest BCUT2D eigenvalue weighted by molar-refractivity contribution is 6.08. The number of aryl methyl sites for hydroxylation is 1. The zero-order valence-electron chi connectivity index (χ0n) is 15.6. The van der Waals surface area contributed by atoms with Crippen molar-refractivity contribution in [3.63, 3.8) is 0 Å². The van der Waals surface area contributed by atoms with Crippen molar-refractivity contribution in [2.75, 3.05) is 11.9 Å². The number of rotatable bonds is 5. The number of anilines is 1. The van der Waals surface area contributed by atoms with Gasteiger partial charge in [0.1, 0.15) is 11.9 Å². The van der Waals surface area contributed by atoms with Crippen molar-refractivity contribution in [1.29, 1.82) is 0 Å². The predicted octanol–water partition coefficient (Wildman–Crippen LogP) is 1.96. The van der Waals surface area contributed by atoms with E-state index in [1.807, 2.05) is 12.2 Å². The number of imide groups is 1. The minimum atomic E-state index is -1.12. The van der Waals surface area contributed by atoms with Gasteiger partial charge in [0.05, 0.1) is 11.8 Å². The number of hydrogen-bond acceptors (Lipinski definition) is 5. The first-order valence-electron chi connectivity index (χ1n) is 9.04. The second-order valence-electron chi connectivity index (χ2n) is 7.00. The van der Waals surface area contributed by atoms with Crippen molar-refractivity contribution in [3.8, 4) is 0 Å². The van der Waals surface area contributed by atoms with Crippen molar-refractivity contribution in [1.82, 2.24) is 4.90 Å². The summed E-state index contributed by atoms with van der Waals surface area (Å²) in [5.41, 5.74) is 0.674. The van der Waals surface area contributed by atoms with E-state index < -0.39 is 42.2 Å². The van der Waals surface area contributed by atoms with E-state index in [2.05, 4.69) is 5.32 Å². The molecule has 0 radical (unpaired) electrons. The van der Waals surface area contributed by atoms with Gasteiger partial charge in [-0.2, -0.15) is 0 Å². The highest BCUT2D eigenvalue weighted by Gasteiger charge is 2.50. The van der Waals surface area contributed by atoms with Gasteiger partial charge < -0.3 is 10.1 Å². The molecule has 8 heteroatoms. The van der Waals surface area contributed by atoms with Crippen LogP contribution in [0.5, 0.6) is 0 Å². The van der Waals surface area contributed by atoms with Gasteiger partial charge in [-0.3, -0.25) is 19.3 Å². The number of likely N-dealkylation sites (tertiary alicyclic amines) is 1. The number of hydrogen-bond donors (Lipinski definition) is 1. The van der Waals surface area contributed by atoms with E-state index in [0.717, 1.165) is 11.0 Å². The summed E-state index contributed by atoms with van der Waals surface area (Å²) in [5, 5.41) is 2.42. The lowest BCUT2D eigenvalue weighted by atomic mass is 9.85. The molecule has 1 aromatic rings. The molecule has 3 atom stereocenters. The van der Waals surface area contributed by atoms with Gasteiger partial charge in [0.2, 0.25) is 11.8 Å². The van der Waals surface area contributed by atoms with E-state index in [0.29, 0.717) is 18.4 Å². The van der Waals surface area contributed by atoms with Gasteiger partial charge in [0.15, 0.2) is 6.61 Å². The Hall–Kier alpha value is -3.03. The Morgan fingerprint density at radius 2 is 1.82 bits per heavy atom. The Kier molecular flexibility index (Phi) is 5.58. The minimum absolute atomic E-state index is 0.235. The lowest BCUT2D eigenvalue weighted by molar-refractivity contribution is -0.159. The second kappa shape index (κ2) is 7.92. The quantitative estimate of drug-likeness (QED) is 0.473. The Morgan fingerprint density at radius 1 is 1.21 bits per heavy atom. The summed E-state index contributed by atoms with van der Waals surface area (Å²) >= 11 is 0. The van der Waals surface area contributed by atoms with Gasteiger partial charge >= 0.3 is 5.97 Å². The number of benzene rings is 1. The van der Waals surface area contributed by atoms with Crippen molar-refractivity contribution >= 4 is 29.4 Å². The lowest BCUT2D eigenvalue weighted by Gasteiger charge is -2.21. The number of esters is 1. The second-order valence-corrected chi connectivity index (χ2v) is 7.00. The smallest absolute Gasteiger partial charge is 0.329 e. The van der Waals surface area contributed by atoms with Crippen LogP contribution in [0, 0.1) is 24.6 Å². The van der Waals surface area contributed by atoms with Crippen LogP contribution >= 0.6 is 0 Å². The maximum absolute atomic E-state index is 13.5. The Morgan fingerprint density at radius 3 is 2.39 bits per heavy atom. The molecule has 1 fully saturated rings. The van der Waals surface area contributed by atoms with Crippen LogP contribution in [0.25, 0.3) is 0 Å². The number of carbonyl (C=O) groups excluding carboxylic acids is 4. The summed E-state index contributed by atoms with van der Waals surface area (Å²) in [6.45, 7) is 2.39. The number of amides is 3. The molecule has 0 spiro atoms. The number of ether oxygens (including phenoxy) is 1. The number of nitrogens with zero attached hydrogens (tertiary/aromatic N) is 1. The highest BCUT2D eigenvalue weighted by Crippen LogP contribution is 2.36. The zero-order valence-corrected chi connectivity index (χ0v) is 15.6. The van der Waals surface area contributed by atoms with Crippen molar-refractivity contribution in [2.24, 2.45) is 11.8 Å². The third-order valence-electron chi connectivity index (χ3n) is 5.07. The molecule has 148 valence electrons. The fourth-order valence-electron chi connectivity index (χ4n) is 3.44. The van der Waals surface area contributed by atoms with Gasteiger partial charge in [-0.05, 0) is 44.4 Å². The lowest BCUT2D eigenvalue weighted by Crippen LogP contribution is -2.45. The molecular formula is C20H21FN2O5. The molecule has 1 aliphatic heterocycles. The van der Waals surface area contributed by atoms with Crippen LogP contribution in [0.15, 0.2) is 30.4 Å². The molecule has 1 N–H and O–H groups in total. The third-order valence-corrected chi connectivity index (χ3v) is 5.07. The molecular weight excluding hydrogens is 367 g/mol. The minimum Gasteiger partial charge on any atom is -0.454 e. The summed E-state index contributed by atoms with van der Waals surface area (Å²) in [6.07, 6.45) is 4.67. The molecule has 3 amide bonds. The maximum Gasteiger partial charge on any atom is 0.329 e. The van der Waals surface area contributed by atoms with E-state index in [-0.39, 0.29) is 17.5 Å². The first-order chi connectivity index (χ1) is 13.3. The zero-order chi connectivity index (χ0) is 20.4. The van der Waals surface area contributed by atoms with Gasteiger partial charge in [-0.15, -0.1) is 0 Å². The van der Waals surface area contributed by atoms with Crippen LogP contribution in [0.3, 0.4) is 0 Å². The molecule has 1 saturated heterocycles. The van der Waals surface area contributed by atoms with Crippen LogP contribution in [0.2, 0.25) is 0 Å². The van der Waals surface area contributed by atoms with Crippen LogP contribution in [0.1, 0.15) is 25.3 Å². The number of fused-ring (bicyclic) bond motifs is 1. The molecule has 7 nitrogen and oxygen atoms in total. The fraction of sp³-hybridized carbons (Fsp3) is 0.400. The largest absolute Gasteiger partial charge is 0.454 e. The number of allylic oxidation sites excluding steroid dienone is 2. The molecule has 0 bridgehead atoms. The standard InChI is InChI=1S/C20H21FN2O5/c1-11-7-8-13(9-16(11)21)22-17(24)10-28-20(27)12(2)23-18(25)14-5-3-4-6-15(14)19(23)26/h3-4,7-9,12,14-15H,5-6,10H2,1-2H3,(H,22,24)/t12-,14-,15-/m0/s1. The third kappa shape index (κ3) is 3.81. The van der Waals surface area contributed by atoms with E-state index in [1.165, 1.54) is 19.1 Å². The highest BCUT2D eigenvalue weighted by atomic mass is 19.1. The van der Waals surface area contributed by atoms with Gasteiger partial charge in [0, 0.05) is 5.69 Å². The van der Waals surface area contributed by atoms with Crippen molar-refractivity contribution in [3.05, 3.63) is 41.7 Å². The first kappa shape index (κ1) is 19.7. The number of nitrogens with one attached hydrogen (secondary N) is 1. The maximum atomic E-state index is 13.5. The monoisotopic (exact) mass is 388 g/mol. The Labute approximate surface area is 161 Å². The number of carbonyl (C=O) groups is 4. The average molecular weight is 388 g/mol. The normalized spacial score (nSPS) is 22.0. The predicted molar refractivity (Wildman–Crippen MR) is 97.4 cm³/mol. The summed E-state index contributed by atoms with van der Waals surface area (Å²) in [7, 11) is 0. The molecule has 28 heavy (non-hydrogen) atoms. The first-order valence-corrected chi connectivity index (χ1v) is 9.04. The van der Waals surface area contributed by atoms with Crippen LogP contribution in [-0.4, -0.2) is 41.2 Å². The molecule has 1 aromatic carbocycles. The summed E-state index contributed by atoms with van der Waals surface area (Å²) in [5.74, 6) is -3.61. The molecule has 1 heterocycles. The molecule has 0 unspecified atom stereocenters. The molecule has 3 rings (SSSR count).